The van der Waals surface area contributed by atoms with Gasteiger partial charge in [0.2, 0.25) is 5.88 Å². The molecule has 9 heteroatoms. The predicted octanol–water partition coefficient (Wildman–Crippen LogP) is 3.89. The minimum absolute atomic E-state index is 0.0249. The van der Waals surface area contributed by atoms with E-state index < -0.39 is 17.7 Å². The minimum atomic E-state index is -5.67. The van der Waals surface area contributed by atoms with Crippen LogP contribution in [0.25, 0.3) is 0 Å². The van der Waals surface area contributed by atoms with Crippen molar-refractivity contribution in [2.24, 2.45) is 0 Å². The Morgan fingerprint density at radius 2 is 1.67 bits per heavy atom. The lowest BCUT2D eigenvalue weighted by Gasteiger charge is -2.19. The summed E-state index contributed by atoms with van der Waals surface area (Å²) in [4.78, 5) is 15.2. The van der Waals surface area contributed by atoms with E-state index in [0.29, 0.717) is 12.1 Å². The quantitative estimate of drug-likeness (QED) is 0.855. The number of hydrogen-bond donors (Lipinski definition) is 1. The van der Waals surface area contributed by atoms with Gasteiger partial charge in [-0.25, -0.2) is 4.98 Å². The molecular formula is C15H11F5N2O2. The highest BCUT2D eigenvalue weighted by Gasteiger charge is 2.58. The van der Waals surface area contributed by atoms with Crippen LogP contribution < -0.4 is 10.1 Å². The lowest BCUT2D eigenvalue weighted by atomic mass is 10.1. The van der Waals surface area contributed by atoms with Crippen molar-refractivity contribution in [3.05, 3.63) is 53.7 Å². The Hall–Kier alpha value is -2.71. The van der Waals surface area contributed by atoms with Gasteiger partial charge in [-0.2, -0.15) is 22.0 Å². The van der Waals surface area contributed by atoms with E-state index in [1.165, 1.54) is 25.4 Å². The van der Waals surface area contributed by atoms with Crippen LogP contribution in [-0.4, -0.2) is 24.1 Å². The molecule has 0 bridgehead atoms. The zero-order chi connectivity index (χ0) is 18.0. The first-order valence-electron chi connectivity index (χ1n) is 6.56. The maximum Gasteiger partial charge on any atom is 0.458 e. The zero-order valence-electron chi connectivity index (χ0n) is 12.2. The third-order valence-electron chi connectivity index (χ3n) is 3.02. The van der Waals surface area contributed by atoms with Crippen LogP contribution in [0.5, 0.6) is 11.6 Å². The number of pyridine rings is 1. The van der Waals surface area contributed by atoms with E-state index >= 15 is 0 Å². The molecule has 0 radical (unpaired) electrons. The Bertz CT molecular complexity index is 712. The molecule has 0 aliphatic carbocycles. The summed E-state index contributed by atoms with van der Waals surface area (Å²) in [7, 11) is 1.45. The van der Waals surface area contributed by atoms with Crippen molar-refractivity contribution in [2.45, 2.75) is 12.1 Å². The number of rotatable bonds is 4. The van der Waals surface area contributed by atoms with Crippen molar-refractivity contribution in [1.29, 1.82) is 0 Å². The summed E-state index contributed by atoms with van der Waals surface area (Å²) in [6.07, 6.45) is -4.44. The van der Waals surface area contributed by atoms with Gasteiger partial charge in [0.25, 0.3) is 5.91 Å². The summed E-state index contributed by atoms with van der Waals surface area (Å²) in [5.41, 5.74) is -0.907. The summed E-state index contributed by atoms with van der Waals surface area (Å²) < 4.78 is 68.4. The molecule has 2 aromatic rings. The molecular weight excluding hydrogens is 335 g/mol. The molecule has 1 heterocycles. The number of benzene rings is 1. The summed E-state index contributed by atoms with van der Waals surface area (Å²) in [5.74, 6) is -5.22. The number of hydrogen-bond acceptors (Lipinski definition) is 3. The van der Waals surface area contributed by atoms with Crippen LogP contribution in [0, 0.1) is 0 Å². The second-order valence-electron chi connectivity index (χ2n) is 4.66. The van der Waals surface area contributed by atoms with E-state index in [0.717, 1.165) is 12.1 Å². The summed E-state index contributed by atoms with van der Waals surface area (Å²) >= 11 is 0. The van der Waals surface area contributed by atoms with Gasteiger partial charge in [0.05, 0.1) is 5.56 Å². The maximum atomic E-state index is 13.2. The fourth-order valence-electron chi connectivity index (χ4n) is 1.74. The monoisotopic (exact) mass is 346 g/mol. The van der Waals surface area contributed by atoms with Crippen LogP contribution in [0.4, 0.5) is 22.0 Å². The van der Waals surface area contributed by atoms with E-state index in [4.69, 9.17) is 4.74 Å². The van der Waals surface area contributed by atoms with Crippen LogP contribution in [-0.2, 0) is 5.92 Å². The SMILES string of the molecule is CNC(=O)c1ccc(Oc2ccc(C(F)(F)C(F)(F)F)cc2)nc1. The molecule has 0 atom stereocenters. The largest absolute Gasteiger partial charge is 0.458 e. The molecule has 0 spiro atoms. The molecule has 1 amide bonds. The van der Waals surface area contributed by atoms with Crippen molar-refractivity contribution < 1.29 is 31.5 Å². The third-order valence-corrected chi connectivity index (χ3v) is 3.02. The van der Waals surface area contributed by atoms with Gasteiger partial charge in [-0.1, -0.05) is 0 Å². The van der Waals surface area contributed by atoms with Crippen LogP contribution in [0.3, 0.4) is 0 Å². The Balaban J connectivity index is 2.13. The number of carbonyl (C=O) groups is 1. The molecule has 128 valence electrons. The van der Waals surface area contributed by atoms with Crippen LogP contribution in [0.2, 0.25) is 0 Å². The molecule has 0 saturated heterocycles. The average Bonchev–Trinajstić information content (AvgIpc) is 2.54. The van der Waals surface area contributed by atoms with Gasteiger partial charge in [-0.3, -0.25) is 4.79 Å². The first-order chi connectivity index (χ1) is 11.1. The third kappa shape index (κ3) is 3.61. The molecule has 1 N–H and O–H groups in total. The second kappa shape index (κ2) is 6.42. The number of aromatic nitrogens is 1. The standard InChI is InChI=1S/C15H11F5N2O2/c1-21-13(23)9-2-7-12(22-8-9)24-11-5-3-10(4-6-11)14(16,17)15(18,19)20/h2-8H,1H3,(H,21,23). The van der Waals surface area contributed by atoms with E-state index in [9.17, 15) is 26.7 Å². The fourth-order valence-corrected chi connectivity index (χ4v) is 1.74. The lowest BCUT2D eigenvalue weighted by molar-refractivity contribution is -0.289. The Morgan fingerprint density at radius 1 is 1.04 bits per heavy atom. The van der Waals surface area contributed by atoms with E-state index in [1.807, 2.05) is 0 Å². The number of nitrogens with zero attached hydrogens (tertiary/aromatic N) is 1. The highest BCUT2D eigenvalue weighted by Crippen LogP contribution is 2.44. The average molecular weight is 346 g/mol. The van der Waals surface area contributed by atoms with Gasteiger partial charge >= 0.3 is 12.1 Å². The normalized spacial score (nSPS) is 11.9. The molecule has 0 unspecified atom stereocenters. The molecule has 2 rings (SSSR count). The van der Waals surface area contributed by atoms with Crippen molar-refractivity contribution in [1.82, 2.24) is 10.3 Å². The molecule has 0 aliphatic heterocycles. The van der Waals surface area contributed by atoms with Crippen molar-refractivity contribution in [2.75, 3.05) is 7.05 Å². The fraction of sp³-hybridized carbons (Fsp3) is 0.200. The van der Waals surface area contributed by atoms with Crippen molar-refractivity contribution >= 4 is 5.91 Å². The van der Waals surface area contributed by atoms with Crippen LogP contribution in [0.1, 0.15) is 15.9 Å². The maximum absolute atomic E-state index is 13.2. The molecule has 1 aromatic heterocycles. The highest BCUT2D eigenvalue weighted by molar-refractivity contribution is 5.93. The molecule has 0 fully saturated rings. The smallest absolute Gasteiger partial charge is 0.439 e. The minimum Gasteiger partial charge on any atom is -0.439 e. The number of alkyl halides is 5. The number of nitrogens with one attached hydrogen (secondary N) is 1. The van der Waals surface area contributed by atoms with E-state index in [2.05, 4.69) is 10.3 Å². The molecule has 0 aliphatic rings. The molecule has 0 saturated carbocycles. The number of carbonyl (C=O) groups excluding carboxylic acids is 1. The molecule has 24 heavy (non-hydrogen) atoms. The van der Waals surface area contributed by atoms with Crippen LogP contribution in [0.15, 0.2) is 42.6 Å². The van der Waals surface area contributed by atoms with E-state index in [-0.39, 0.29) is 23.1 Å². The first-order valence-corrected chi connectivity index (χ1v) is 6.56. The Labute approximate surface area is 133 Å². The van der Waals surface area contributed by atoms with E-state index in [1.54, 1.807) is 0 Å². The van der Waals surface area contributed by atoms with Gasteiger partial charge in [-0.05, 0) is 30.3 Å². The molecule has 4 nitrogen and oxygen atoms in total. The lowest BCUT2D eigenvalue weighted by Crippen LogP contribution is -2.33. The Kier molecular flexibility index (Phi) is 4.72. The van der Waals surface area contributed by atoms with Gasteiger partial charge in [0, 0.05) is 24.9 Å². The van der Waals surface area contributed by atoms with Crippen LogP contribution >= 0.6 is 0 Å². The molecule has 1 aromatic carbocycles. The van der Waals surface area contributed by atoms with Gasteiger partial charge < -0.3 is 10.1 Å². The second-order valence-corrected chi connectivity index (χ2v) is 4.66. The first kappa shape index (κ1) is 17.6. The van der Waals surface area contributed by atoms with Gasteiger partial charge in [-0.15, -0.1) is 0 Å². The summed E-state index contributed by atoms with van der Waals surface area (Å²) in [5, 5.41) is 2.40. The van der Waals surface area contributed by atoms with Crippen molar-refractivity contribution in [3.63, 3.8) is 0 Å². The van der Waals surface area contributed by atoms with Gasteiger partial charge in [0.15, 0.2) is 0 Å². The summed E-state index contributed by atoms with van der Waals surface area (Å²) in [6.45, 7) is 0. The topological polar surface area (TPSA) is 51.2 Å². The summed E-state index contributed by atoms with van der Waals surface area (Å²) in [6, 6.07) is 5.99. The highest BCUT2D eigenvalue weighted by atomic mass is 19.4. The van der Waals surface area contributed by atoms with Crippen molar-refractivity contribution in [3.8, 4) is 11.6 Å². The zero-order valence-corrected chi connectivity index (χ0v) is 12.2. The number of halogens is 5. The number of ether oxygens (including phenoxy) is 1. The predicted molar refractivity (Wildman–Crippen MR) is 74.1 cm³/mol. The van der Waals surface area contributed by atoms with Gasteiger partial charge in [0.1, 0.15) is 5.75 Å². The number of amides is 1. The Morgan fingerprint density at radius 3 is 2.12 bits per heavy atom.